The van der Waals surface area contributed by atoms with Crippen LogP contribution in [0.3, 0.4) is 0 Å². The molecule has 1 heterocycles. The van der Waals surface area contributed by atoms with Gasteiger partial charge < -0.3 is 0 Å². The first-order valence-corrected chi connectivity index (χ1v) is 2.56. The van der Waals surface area contributed by atoms with Gasteiger partial charge in [-0.3, -0.25) is 5.10 Å². The second kappa shape index (κ2) is 1.55. The Hall–Kier alpha value is -1.38. The first-order valence-electron chi connectivity index (χ1n) is 3.56. The minimum Gasteiger partial charge on any atom is -0.258 e. The molecule has 9 heavy (non-hydrogen) atoms. The second-order valence-corrected chi connectivity index (χ2v) is 1.66. The summed E-state index contributed by atoms with van der Waals surface area (Å²) in [5, 5.41) is 9.73. The summed E-state index contributed by atoms with van der Waals surface area (Å²) < 4.78 is 14.8. The number of aromatic amines is 1. The summed E-state index contributed by atoms with van der Waals surface area (Å²) in [5.74, 6) is 0. The van der Waals surface area contributed by atoms with E-state index in [1.807, 2.05) is 0 Å². The van der Waals surface area contributed by atoms with Gasteiger partial charge in [0, 0.05) is 0 Å². The summed E-state index contributed by atoms with van der Waals surface area (Å²) >= 11 is 0. The lowest BCUT2D eigenvalue weighted by molar-refractivity contribution is 0.959. The van der Waals surface area contributed by atoms with Gasteiger partial charge in [0.25, 0.3) is 0 Å². The van der Waals surface area contributed by atoms with E-state index in [9.17, 15) is 0 Å². The molecule has 2 rings (SSSR count). The zero-order valence-corrected chi connectivity index (χ0v) is 4.55. The van der Waals surface area contributed by atoms with Crippen molar-refractivity contribution in [2.45, 2.75) is 0 Å². The molecule has 0 aliphatic carbocycles. The molecular weight excluding hydrogens is 114 g/mol. The highest BCUT2D eigenvalue weighted by Crippen LogP contribution is 2.03. The number of benzene rings is 1. The second-order valence-electron chi connectivity index (χ2n) is 1.66. The minimum absolute atomic E-state index is 0.296. The highest BCUT2D eigenvalue weighted by molar-refractivity contribution is 5.72. The van der Waals surface area contributed by atoms with Gasteiger partial charge in [0.05, 0.1) is 8.26 Å². The third-order valence-electron chi connectivity index (χ3n) is 1.08. The van der Waals surface area contributed by atoms with E-state index >= 15 is 0 Å². The molecule has 3 heteroatoms. The van der Waals surface area contributed by atoms with Crippen molar-refractivity contribution in [3.8, 4) is 0 Å². The van der Waals surface area contributed by atoms with Crippen molar-refractivity contribution in [2.75, 3.05) is 0 Å². The fourth-order valence-electron chi connectivity index (χ4n) is 0.675. The van der Waals surface area contributed by atoms with Gasteiger partial charge in [0.1, 0.15) is 5.52 Å². The van der Waals surface area contributed by atoms with E-state index < -0.39 is 0 Å². The lowest BCUT2D eigenvalue weighted by Gasteiger charge is -1.79. The fourth-order valence-corrected chi connectivity index (χ4v) is 0.675. The van der Waals surface area contributed by atoms with Crippen LogP contribution < -0.4 is 0 Å². The summed E-state index contributed by atoms with van der Waals surface area (Å²) in [6.07, 6.45) is 0. The number of hydrogen-bond acceptors (Lipinski definition) is 2. The summed E-state index contributed by atoms with van der Waals surface area (Å²) in [4.78, 5) is 0. The van der Waals surface area contributed by atoms with E-state index in [1.54, 1.807) is 6.07 Å². The lowest BCUT2D eigenvalue weighted by Crippen LogP contribution is -1.63. The van der Waals surface area contributed by atoms with Gasteiger partial charge >= 0.3 is 0 Å². The third-order valence-corrected chi connectivity index (χ3v) is 1.08. The van der Waals surface area contributed by atoms with Crippen LogP contribution in [0.4, 0.5) is 0 Å². The van der Waals surface area contributed by atoms with Crippen molar-refractivity contribution < 1.29 is 2.74 Å². The summed E-state index contributed by atoms with van der Waals surface area (Å²) in [5.41, 5.74) is 0.981. The Morgan fingerprint density at radius 3 is 3.22 bits per heavy atom. The number of para-hydroxylation sites is 1. The smallest absolute Gasteiger partial charge is 0.112 e. The maximum Gasteiger partial charge on any atom is 0.112 e. The first kappa shape index (κ1) is 2.96. The van der Waals surface area contributed by atoms with E-state index in [0.29, 0.717) is 23.1 Å². The number of nitrogens with one attached hydrogen (secondary N) is 1. The maximum absolute atomic E-state index is 7.38. The number of rotatable bonds is 0. The van der Waals surface area contributed by atoms with Crippen LogP contribution in [0.1, 0.15) is 2.74 Å². The Morgan fingerprint density at radius 2 is 2.33 bits per heavy atom. The molecule has 0 saturated heterocycles. The van der Waals surface area contributed by atoms with Crippen molar-refractivity contribution in [3.63, 3.8) is 0 Å². The van der Waals surface area contributed by atoms with E-state index in [0.717, 1.165) is 0 Å². The molecule has 1 aromatic heterocycles. The average Bonchev–Trinajstić information content (AvgIpc) is 2.45. The van der Waals surface area contributed by atoms with E-state index in [-0.39, 0.29) is 0 Å². The molecule has 0 saturated carbocycles. The normalized spacial score (nSPS) is 13.3. The van der Waals surface area contributed by atoms with Gasteiger partial charge in [0.2, 0.25) is 0 Å². The first-order chi connectivity index (χ1) is 5.29. The maximum atomic E-state index is 7.38. The number of H-pyrrole nitrogens is 1. The molecule has 0 amide bonds. The van der Waals surface area contributed by atoms with Crippen molar-refractivity contribution in [1.29, 1.82) is 0 Å². The standard InChI is InChI=1S/C6H5N3/c1-2-4-6-5(3-1)7-9-8-6/h1-4H,(H,7,8,9)/i3D,4D. The van der Waals surface area contributed by atoms with Gasteiger partial charge in [-0.05, 0) is 12.1 Å². The molecule has 3 nitrogen and oxygen atoms in total. The van der Waals surface area contributed by atoms with Crippen LogP contribution >= 0.6 is 0 Å². The Morgan fingerprint density at radius 1 is 1.44 bits per heavy atom. The van der Waals surface area contributed by atoms with Crippen molar-refractivity contribution in [2.24, 2.45) is 0 Å². The molecule has 0 radical (unpaired) electrons. The van der Waals surface area contributed by atoms with Crippen LogP contribution in [0.5, 0.6) is 0 Å². The Balaban J connectivity index is 2.96. The van der Waals surface area contributed by atoms with Crippen LogP contribution in [0.15, 0.2) is 24.2 Å². The average molecular weight is 121 g/mol. The molecule has 2 aromatic rings. The molecule has 0 spiro atoms. The number of aromatic nitrogens is 3. The summed E-state index contributed by atoms with van der Waals surface area (Å²) in [7, 11) is 0. The molecule has 1 aromatic carbocycles. The Kier molecular flexibility index (Phi) is 0.509. The van der Waals surface area contributed by atoms with E-state index in [2.05, 4.69) is 15.4 Å². The highest BCUT2D eigenvalue weighted by Gasteiger charge is 1.90. The van der Waals surface area contributed by atoms with Gasteiger partial charge in [0.15, 0.2) is 0 Å². The van der Waals surface area contributed by atoms with Gasteiger partial charge in [-0.2, -0.15) is 0 Å². The fraction of sp³-hybridized carbons (Fsp3) is 0. The molecule has 0 aliphatic heterocycles. The largest absolute Gasteiger partial charge is 0.258 e. The van der Waals surface area contributed by atoms with Crippen LogP contribution in [0, 0.1) is 0 Å². The van der Waals surface area contributed by atoms with Gasteiger partial charge in [-0.25, -0.2) is 0 Å². The molecular formula is C6H5N3. The molecule has 0 aliphatic rings. The van der Waals surface area contributed by atoms with Gasteiger partial charge in [-0.1, -0.05) is 17.3 Å². The molecule has 0 fully saturated rings. The zero-order chi connectivity index (χ0) is 7.84. The Labute approximate surface area is 54.5 Å². The van der Waals surface area contributed by atoms with Gasteiger partial charge in [-0.15, -0.1) is 5.10 Å². The zero-order valence-electron chi connectivity index (χ0n) is 6.55. The van der Waals surface area contributed by atoms with Crippen LogP contribution in [0.2, 0.25) is 0 Å². The highest BCUT2D eigenvalue weighted by atomic mass is 15.3. The monoisotopic (exact) mass is 121 g/mol. The molecule has 0 unspecified atom stereocenters. The minimum atomic E-state index is 0.296. The summed E-state index contributed by atoms with van der Waals surface area (Å²) in [6.45, 7) is 0. The number of fused-ring (bicyclic) bond motifs is 1. The lowest BCUT2D eigenvalue weighted by atomic mass is 10.3. The molecule has 1 N–H and O–H groups in total. The SMILES string of the molecule is [2H]c1ccc([2H])c2[nH]nnc12. The predicted octanol–water partition coefficient (Wildman–Crippen LogP) is 0.958. The predicted molar refractivity (Wildman–Crippen MR) is 33.9 cm³/mol. The van der Waals surface area contributed by atoms with Crippen molar-refractivity contribution in [1.82, 2.24) is 15.4 Å². The van der Waals surface area contributed by atoms with Crippen LogP contribution in [-0.4, -0.2) is 15.4 Å². The molecule has 0 atom stereocenters. The third kappa shape index (κ3) is 0.579. The van der Waals surface area contributed by atoms with Crippen LogP contribution in [-0.2, 0) is 0 Å². The van der Waals surface area contributed by atoms with Crippen molar-refractivity contribution >= 4 is 11.0 Å². The quantitative estimate of drug-likeness (QED) is 0.564. The molecule has 44 valence electrons. The van der Waals surface area contributed by atoms with E-state index in [1.165, 1.54) is 6.07 Å². The Bertz CT molecular complexity index is 360. The topological polar surface area (TPSA) is 41.6 Å². The molecule has 0 bridgehead atoms. The summed E-state index contributed by atoms with van der Waals surface area (Å²) in [6, 6.07) is 3.70. The van der Waals surface area contributed by atoms with Crippen molar-refractivity contribution in [3.05, 3.63) is 24.2 Å². The van der Waals surface area contributed by atoms with Crippen LogP contribution in [0.25, 0.3) is 11.0 Å². The number of nitrogens with zero attached hydrogens (tertiary/aromatic N) is 2. The number of hydrogen-bond donors (Lipinski definition) is 1. The van der Waals surface area contributed by atoms with E-state index in [4.69, 9.17) is 2.74 Å².